The van der Waals surface area contributed by atoms with Crippen molar-refractivity contribution in [2.75, 3.05) is 0 Å². The van der Waals surface area contributed by atoms with Crippen molar-refractivity contribution in [1.29, 1.82) is 0 Å². The number of rotatable bonds is 1. The molecular weight excluding hydrogens is 284 g/mol. The van der Waals surface area contributed by atoms with Crippen LogP contribution in [0.25, 0.3) is 0 Å². The molecule has 1 saturated carbocycles. The average Bonchev–Trinajstić information content (AvgIpc) is 2.66. The van der Waals surface area contributed by atoms with Gasteiger partial charge in [-0.1, -0.05) is 13.5 Å². The highest BCUT2D eigenvalue weighted by atomic mass is 16.6. The van der Waals surface area contributed by atoms with Crippen molar-refractivity contribution < 1.29 is 24.2 Å². The van der Waals surface area contributed by atoms with Gasteiger partial charge in [-0.05, 0) is 49.2 Å². The van der Waals surface area contributed by atoms with Crippen molar-refractivity contribution in [2.45, 2.75) is 64.3 Å². The van der Waals surface area contributed by atoms with E-state index in [1.807, 2.05) is 6.92 Å². The van der Waals surface area contributed by atoms with E-state index in [1.165, 1.54) is 6.92 Å². The number of hydrogen-bond donors (Lipinski definition) is 1. The van der Waals surface area contributed by atoms with Crippen LogP contribution in [0.15, 0.2) is 23.3 Å². The van der Waals surface area contributed by atoms with Gasteiger partial charge in [0.2, 0.25) is 0 Å². The number of aliphatic hydroxyl groups is 1. The molecule has 4 atom stereocenters. The van der Waals surface area contributed by atoms with E-state index < -0.39 is 17.7 Å². The summed E-state index contributed by atoms with van der Waals surface area (Å²) in [6, 6.07) is 0. The molecule has 0 amide bonds. The zero-order valence-corrected chi connectivity index (χ0v) is 13.3. The van der Waals surface area contributed by atoms with Crippen LogP contribution in [0.1, 0.15) is 46.5 Å². The molecule has 5 nitrogen and oxygen atoms in total. The van der Waals surface area contributed by atoms with E-state index in [9.17, 15) is 14.7 Å². The Kier molecular flexibility index (Phi) is 3.25. The maximum absolute atomic E-state index is 11.9. The Morgan fingerprint density at radius 3 is 2.73 bits per heavy atom. The third kappa shape index (κ3) is 1.95. The molecule has 0 radical (unpaired) electrons. The average molecular weight is 306 g/mol. The lowest BCUT2D eigenvalue weighted by Crippen LogP contribution is -2.52. The van der Waals surface area contributed by atoms with Crippen LogP contribution in [0.5, 0.6) is 0 Å². The summed E-state index contributed by atoms with van der Waals surface area (Å²) in [7, 11) is 0. The fourth-order valence-electron chi connectivity index (χ4n) is 4.24. The van der Waals surface area contributed by atoms with E-state index in [1.54, 1.807) is 0 Å². The van der Waals surface area contributed by atoms with Crippen LogP contribution in [0, 0.1) is 5.41 Å². The summed E-state index contributed by atoms with van der Waals surface area (Å²) < 4.78 is 10.8. The van der Waals surface area contributed by atoms with E-state index in [4.69, 9.17) is 9.47 Å². The van der Waals surface area contributed by atoms with Gasteiger partial charge in [0.1, 0.15) is 11.7 Å². The minimum absolute atomic E-state index is 0.134. The Hall–Kier alpha value is -1.62. The molecule has 22 heavy (non-hydrogen) atoms. The van der Waals surface area contributed by atoms with E-state index >= 15 is 0 Å². The molecule has 5 heteroatoms. The van der Waals surface area contributed by atoms with Gasteiger partial charge in [0.05, 0.1) is 5.57 Å². The molecule has 0 aromatic carbocycles. The van der Waals surface area contributed by atoms with Gasteiger partial charge in [-0.25, -0.2) is 4.79 Å². The Balaban J connectivity index is 2.08. The maximum Gasteiger partial charge on any atom is 0.337 e. The van der Waals surface area contributed by atoms with Crippen LogP contribution < -0.4 is 0 Å². The van der Waals surface area contributed by atoms with Crippen LogP contribution in [-0.4, -0.2) is 34.9 Å². The van der Waals surface area contributed by atoms with Gasteiger partial charge in [-0.3, -0.25) is 4.79 Å². The zero-order chi connectivity index (χ0) is 16.3. The molecule has 1 N–H and O–H groups in total. The molecular formula is C17H22O5. The summed E-state index contributed by atoms with van der Waals surface area (Å²) in [6.45, 7) is 9.13. The summed E-state index contributed by atoms with van der Waals surface area (Å²) in [5.41, 5.74) is 0.475. The highest BCUT2D eigenvalue weighted by Gasteiger charge is 2.60. The first-order valence-corrected chi connectivity index (χ1v) is 7.70. The molecule has 1 heterocycles. The van der Waals surface area contributed by atoms with Gasteiger partial charge in [0.25, 0.3) is 0 Å². The normalized spacial score (nSPS) is 40.9. The lowest BCUT2D eigenvalue weighted by atomic mass is 9.58. The number of carbonyl (C=O) groups excluding carboxylic acids is 2. The first kappa shape index (κ1) is 15.3. The minimum Gasteiger partial charge on any atom is -0.458 e. The molecule has 120 valence electrons. The van der Waals surface area contributed by atoms with Crippen molar-refractivity contribution in [2.24, 2.45) is 5.41 Å². The molecule has 3 aliphatic rings. The summed E-state index contributed by atoms with van der Waals surface area (Å²) >= 11 is 0. The van der Waals surface area contributed by atoms with Gasteiger partial charge in [0, 0.05) is 6.92 Å². The first-order valence-electron chi connectivity index (χ1n) is 7.70. The molecule has 0 aromatic rings. The fourth-order valence-corrected chi connectivity index (χ4v) is 4.24. The number of fused-ring (bicyclic) bond motifs is 3. The van der Waals surface area contributed by atoms with Crippen LogP contribution in [-0.2, 0) is 19.1 Å². The second kappa shape index (κ2) is 4.69. The molecule has 0 bridgehead atoms. The predicted octanol–water partition coefficient (Wildman–Crippen LogP) is 2.04. The van der Waals surface area contributed by atoms with Gasteiger partial charge < -0.3 is 14.6 Å². The fraction of sp³-hybridized carbons (Fsp3) is 0.647. The molecule has 3 rings (SSSR count). The molecule has 0 spiro atoms. The molecule has 0 aromatic heterocycles. The molecule has 2 aliphatic carbocycles. The Labute approximate surface area is 130 Å². The van der Waals surface area contributed by atoms with E-state index in [-0.39, 0.29) is 23.1 Å². The van der Waals surface area contributed by atoms with Gasteiger partial charge in [0.15, 0.2) is 6.10 Å². The second-order valence-corrected chi connectivity index (χ2v) is 6.98. The largest absolute Gasteiger partial charge is 0.458 e. The highest BCUT2D eigenvalue weighted by Crippen LogP contribution is 2.57. The summed E-state index contributed by atoms with van der Waals surface area (Å²) in [5.74, 6) is -0.862. The number of esters is 2. The summed E-state index contributed by atoms with van der Waals surface area (Å²) in [5, 5.41) is 10.9. The SMILES string of the molecule is C=C1C(=O)OC2C3=C(C)[C@H](OC(C)=O)CC[C@]3(C)CC[C@@]12O. The Morgan fingerprint density at radius 2 is 2.09 bits per heavy atom. The third-order valence-corrected chi connectivity index (χ3v) is 5.57. The standard InChI is InChI=1S/C17H22O5/c1-9-12(21-11(3)18)5-6-16(4)7-8-17(20)10(2)15(19)22-14(17)13(9)16/h12,14,20H,2,5-8H2,1,3-4H3/t12-,14?,16-,17-/m1/s1. The predicted molar refractivity (Wildman–Crippen MR) is 78.8 cm³/mol. The molecule has 1 saturated heterocycles. The minimum atomic E-state index is -1.33. The number of ether oxygens (including phenoxy) is 2. The van der Waals surface area contributed by atoms with E-state index in [2.05, 4.69) is 13.5 Å². The van der Waals surface area contributed by atoms with Crippen molar-refractivity contribution in [3.63, 3.8) is 0 Å². The monoisotopic (exact) mass is 306 g/mol. The molecule has 1 aliphatic heterocycles. The lowest BCUT2D eigenvalue weighted by molar-refractivity contribution is -0.147. The smallest absolute Gasteiger partial charge is 0.337 e. The van der Waals surface area contributed by atoms with Crippen LogP contribution in [0.3, 0.4) is 0 Å². The van der Waals surface area contributed by atoms with E-state index in [0.29, 0.717) is 6.42 Å². The third-order valence-electron chi connectivity index (χ3n) is 5.57. The van der Waals surface area contributed by atoms with Crippen LogP contribution in [0.2, 0.25) is 0 Å². The molecule has 1 unspecified atom stereocenters. The number of hydrogen-bond acceptors (Lipinski definition) is 5. The highest BCUT2D eigenvalue weighted by molar-refractivity contribution is 5.93. The quantitative estimate of drug-likeness (QED) is 0.456. The van der Waals surface area contributed by atoms with Gasteiger partial charge >= 0.3 is 11.9 Å². The van der Waals surface area contributed by atoms with Crippen LogP contribution in [0.4, 0.5) is 0 Å². The summed E-state index contributed by atoms with van der Waals surface area (Å²) in [4.78, 5) is 23.2. The zero-order valence-electron chi connectivity index (χ0n) is 13.3. The molecule has 2 fully saturated rings. The van der Waals surface area contributed by atoms with Gasteiger partial charge in [-0.2, -0.15) is 0 Å². The number of carbonyl (C=O) groups is 2. The van der Waals surface area contributed by atoms with Crippen molar-refractivity contribution >= 4 is 11.9 Å². The van der Waals surface area contributed by atoms with Gasteiger partial charge in [-0.15, -0.1) is 0 Å². The van der Waals surface area contributed by atoms with Crippen LogP contribution >= 0.6 is 0 Å². The van der Waals surface area contributed by atoms with E-state index in [0.717, 1.165) is 30.4 Å². The van der Waals surface area contributed by atoms with Crippen molar-refractivity contribution in [3.05, 3.63) is 23.3 Å². The Morgan fingerprint density at radius 1 is 1.41 bits per heavy atom. The Bertz CT molecular complexity index is 604. The topological polar surface area (TPSA) is 72.8 Å². The van der Waals surface area contributed by atoms with Crippen molar-refractivity contribution in [3.8, 4) is 0 Å². The van der Waals surface area contributed by atoms with Crippen molar-refractivity contribution in [1.82, 2.24) is 0 Å². The second-order valence-electron chi connectivity index (χ2n) is 6.98. The lowest BCUT2D eigenvalue weighted by Gasteiger charge is -2.49. The first-order chi connectivity index (χ1) is 10.2. The summed E-state index contributed by atoms with van der Waals surface area (Å²) in [6.07, 6.45) is 1.81. The maximum atomic E-state index is 11.9.